The normalized spacial score (nSPS) is 10.6. The van der Waals surface area contributed by atoms with Crippen molar-refractivity contribution in [1.29, 1.82) is 0 Å². The van der Waals surface area contributed by atoms with Crippen LogP contribution >= 0.6 is 23.2 Å². The number of nitrogens with one attached hydrogen (secondary N) is 1. The number of rotatable bonds is 3. The van der Waals surface area contributed by atoms with Gasteiger partial charge in [0.1, 0.15) is 0 Å². The molecule has 0 saturated carbocycles. The minimum Gasteiger partial charge on any atom is -0.320 e. The molecule has 1 N–H and O–H groups in total. The van der Waals surface area contributed by atoms with Gasteiger partial charge in [-0.3, -0.25) is 4.79 Å². The number of anilines is 1. The lowest BCUT2D eigenvalue weighted by atomic mass is 10.3. The van der Waals surface area contributed by atoms with Crippen LogP contribution in [0.25, 0.3) is 5.69 Å². The second kappa shape index (κ2) is 6.40. The molecule has 1 amide bonds. The molecule has 0 atom stereocenters. The molecule has 5 nitrogen and oxygen atoms in total. The quantitative estimate of drug-likeness (QED) is 0.775. The fourth-order valence-electron chi connectivity index (χ4n) is 2.03. The summed E-state index contributed by atoms with van der Waals surface area (Å²) in [5.41, 5.74) is 2.11. The number of nitrogens with zero attached hydrogens (tertiary/aromatic N) is 3. The zero-order valence-corrected chi connectivity index (χ0v) is 13.6. The van der Waals surface area contributed by atoms with E-state index in [0.717, 1.165) is 5.69 Å². The molecule has 3 rings (SSSR count). The topological polar surface area (TPSA) is 59.8 Å². The summed E-state index contributed by atoms with van der Waals surface area (Å²) < 4.78 is 0. The van der Waals surface area contributed by atoms with Crippen LogP contribution in [0.3, 0.4) is 0 Å². The molecule has 116 valence electrons. The molecule has 1 heterocycles. The zero-order chi connectivity index (χ0) is 16.4. The van der Waals surface area contributed by atoms with Crippen molar-refractivity contribution in [2.24, 2.45) is 0 Å². The van der Waals surface area contributed by atoms with Crippen LogP contribution in [0.5, 0.6) is 0 Å². The largest absolute Gasteiger partial charge is 0.320 e. The summed E-state index contributed by atoms with van der Waals surface area (Å²) in [5.74, 6) is -0.358. The van der Waals surface area contributed by atoms with E-state index in [1.54, 1.807) is 25.1 Å². The molecule has 0 spiro atoms. The van der Waals surface area contributed by atoms with E-state index in [-0.39, 0.29) is 11.6 Å². The van der Waals surface area contributed by atoms with Gasteiger partial charge in [-0.15, -0.1) is 5.10 Å². The van der Waals surface area contributed by atoms with Crippen molar-refractivity contribution in [2.45, 2.75) is 6.92 Å². The van der Waals surface area contributed by atoms with E-state index in [1.807, 2.05) is 30.3 Å². The molecule has 0 radical (unpaired) electrons. The Morgan fingerprint density at radius 1 is 1.04 bits per heavy atom. The minimum absolute atomic E-state index is 0.250. The van der Waals surface area contributed by atoms with Gasteiger partial charge in [-0.05, 0) is 37.3 Å². The maximum absolute atomic E-state index is 12.4. The number of benzene rings is 2. The summed E-state index contributed by atoms with van der Waals surface area (Å²) in [5, 5.41) is 12.1. The maximum Gasteiger partial charge on any atom is 0.278 e. The lowest BCUT2D eigenvalue weighted by Gasteiger charge is -2.04. The van der Waals surface area contributed by atoms with Crippen LogP contribution in [0.4, 0.5) is 5.69 Å². The highest BCUT2D eigenvalue weighted by atomic mass is 35.5. The van der Waals surface area contributed by atoms with Crippen molar-refractivity contribution in [3.8, 4) is 5.69 Å². The van der Waals surface area contributed by atoms with Crippen molar-refractivity contribution >= 4 is 34.8 Å². The second-order valence-electron chi connectivity index (χ2n) is 4.84. The van der Waals surface area contributed by atoms with Crippen molar-refractivity contribution in [3.05, 3.63) is 70.0 Å². The van der Waals surface area contributed by atoms with E-state index in [4.69, 9.17) is 23.2 Å². The Morgan fingerprint density at radius 3 is 2.48 bits per heavy atom. The average molecular weight is 347 g/mol. The Morgan fingerprint density at radius 2 is 1.78 bits per heavy atom. The summed E-state index contributed by atoms with van der Waals surface area (Å²) in [6.45, 7) is 1.73. The van der Waals surface area contributed by atoms with Gasteiger partial charge in [0.15, 0.2) is 5.69 Å². The summed E-state index contributed by atoms with van der Waals surface area (Å²) in [4.78, 5) is 13.8. The summed E-state index contributed by atoms with van der Waals surface area (Å²) in [6, 6.07) is 14.2. The number of para-hydroxylation sites is 1. The van der Waals surface area contributed by atoms with E-state index in [2.05, 4.69) is 15.5 Å². The molecule has 3 aromatic rings. The molecule has 1 aromatic heterocycles. The van der Waals surface area contributed by atoms with E-state index in [9.17, 15) is 4.79 Å². The standard InChI is InChI=1S/C16H12Cl2N4O/c1-10-15(21-22(20-10)12-5-3-2-4-6-12)16(23)19-11-7-8-13(17)14(18)9-11/h2-9H,1H3,(H,19,23). The van der Waals surface area contributed by atoms with Gasteiger partial charge in [0, 0.05) is 5.69 Å². The fraction of sp³-hybridized carbons (Fsp3) is 0.0625. The molecule has 0 aliphatic carbocycles. The smallest absolute Gasteiger partial charge is 0.278 e. The lowest BCUT2D eigenvalue weighted by molar-refractivity contribution is 0.102. The van der Waals surface area contributed by atoms with Gasteiger partial charge in [0.25, 0.3) is 5.91 Å². The van der Waals surface area contributed by atoms with Gasteiger partial charge >= 0.3 is 0 Å². The highest BCUT2D eigenvalue weighted by molar-refractivity contribution is 6.42. The summed E-state index contributed by atoms with van der Waals surface area (Å²) in [6.07, 6.45) is 0. The molecule has 23 heavy (non-hydrogen) atoms. The SMILES string of the molecule is Cc1nn(-c2ccccc2)nc1C(=O)Nc1ccc(Cl)c(Cl)c1. The number of aromatic nitrogens is 3. The van der Waals surface area contributed by atoms with E-state index in [1.165, 1.54) is 4.80 Å². The van der Waals surface area contributed by atoms with E-state index >= 15 is 0 Å². The Labute approximate surface area is 142 Å². The third-order valence-electron chi connectivity index (χ3n) is 3.16. The van der Waals surface area contributed by atoms with Gasteiger partial charge in [-0.2, -0.15) is 9.90 Å². The van der Waals surface area contributed by atoms with Crippen molar-refractivity contribution in [2.75, 3.05) is 5.32 Å². The fourth-order valence-corrected chi connectivity index (χ4v) is 2.33. The number of halogens is 2. The molecule has 0 aliphatic heterocycles. The molecular weight excluding hydrogens is 335 g/mol. The van der Waals surface area contributed by atoms with Crippen LogP contribution < -0.4 is 5.32 Å². The molecule has 0 saturated heterocycles. The van der Waals surface area contributed by atoms with Crippen LogP contribution in [0.2, 0.25) is 10.0 Å². The summed E-state index contributed by atoms with van der Waals surface area (Å²) in [7, 11) is 0. The van der Waals surface area contributed by atoms with Crippen LogP contribution in [0.1, 0.15) is 16.2 Å². The average Bonchev–Trinajstić information content (AvgIpc) is 2.94. The van der Waals surface area contributed by atoms with Gasteiger partial charge < -0.3 is 5.32 Å². The first-order chi connectivity index (χ1) is 11.0. The number of hydrogen-bond donors (Lipinski definition) is 1. The number of amides is 1. The Hall–Kier alpha value is -2.37. The predicted molar refractivity (Wildman–Crippen MR) is 90.5 cm³/mol. The minimum atomic E-state index is -0.358. The second-order valence-corrected chi connectivity index (χ2v) is 5.66. The molecule has 2 aromatic carbocycles. The molecule has 7 heteroatoms. The number of aryl methyl sites for hydroxylation is 1. The Bertz CT molecular complexity index is 862. The molecule has 0 bridgehead atoms. The first-order valence-corrected chi connectivity index (χ1v) is 7.56. The van der Waals surface area contributed by atoms with Gasteiger partial charge in [-0.25, -0.2) is 0 Å². The first-order valence-electron chi connectivity index (χ1n) is 6.80. The third kappa shape index (κ3) is 3.36. The van der Waals surface area contributed by atoms with Crippen molar-refractivity contribution in [1.82, 2.24) is 15.0 Å². The highest BCUT2D eigenvalue weighted by Crippen LogP contribution is 2.25. The monoisotopic (exact) mass is 346 g/mol. The van der Waals surface area contributed by atoms with Crippen LogP contribution in [0.15, 0.2) is 48.5 Å². The van der Waals surface area contributed by atoms with E-state index in [0.29, 0.717) is 21.4 Å². The number of carbonyl (C=O) groups excluding carboxylic acids is 1. The predicted octanol–water partition coefficient (Wildman–Crippen LogP) is 4.13. The van der Waals surface area contributed by atoms with Gasteiger partial charge in [0.2, 0.25) is 0 Å². The van der Waals surface area contributed by atoms with Crippen LogP contribution in [0, 0.1) is 6.92 Å². The number of hydrogen-bond acceptors (Lipinski definition) is 3. The Balaban J connectivity index is 1.85. The van der Waals surface area contributed by atoms with Crippen LogP contribution in [-0.4, -0.2) is 20.9 Å². The molecular formula is C16H12Cl2N4O. The van der Waals surface area contributed by atoms with E-state index < -0.39 is 0 Å². The molecule has 0 fully saturated rings. The number of carbonyl (C=O) groups is 1. The van der Waals surface area contributed by atoms with Crippen LogP contribution in [-0.2, 0) is 0 Å². The first kappa shape index (κ1) is 15.5. The third-order valence-corrected chi connectivity index (χ3v) is 3.90. The van der Waals surface area contributed by atoms with Gasteiger partial charge in [0.05, 0.1) is 21.4 Å². The zero-order valence-electron chi connectivity index (χ0n) is 12.1. The highest BCUT2D eigenvalue weighted by Gasteiger charge is 2.16. The summed E-state index contributed by atoms with van der Waals surface area (Å²) >= 11 is 11.8. The lowest BCUT2D eigenvalue weighted by Crippen LogP contribution is -2.14. The molecule has 0 aliphatic rings. The van der Waals surface area contributed by atoms with Crippen molar-refractivity contribution < 1.29 is 4.79 Å². The van der Waals surface area contributed by atoms with Gasteiger partial charge in [-0.1, -0.05) is 41.4 Å². The molecule has 0 unspecified atom stereocenters. The van der Waals surface area contributed by atoms with Crippen molar-refractivity contribution in [3.63, 3.8) is 0 Å². The Kier molecular flexibility index (Phi) is 4.32. The maximum atomic E-state index is 12.4.